The first kappa shape index (κ1) is 16.0. The maximum Gasteiger partial charge on any atom is 0.349 e. The molecule has 0 aromatic carbocycles. The Kier molecular flexibility index (Phi) is 4.63. The number of aromatic carboxylic acids is 1. The van der Waals surface area contributed by atoms with Crippen LogP contribution in [0.25, 0.3) is 0 Å². The van der Waals surface area contributed by atoms with Gasteiger partial charge in [0.1, 0.15) is 5.75 Å². The Balaban J connectivity index is 2.87. The van der Waals surface area contributed by atoms with Gasteiger partial charge in [-0.2, -0.15) is 0 Å². The van der Waals surface area contributed by atoms with Crippen molar-refractivity contribution >= 4 is 17.3 Å². The second kappa shape index (κ2) is 5.51. The van der Waals surface area contributed by atoms with Crippen molar-refractivity contribution in [2.24, 2.45) is 0 Å². The minimum atomic E-state index is -0.973. The second-order valence-corrected chi connectivity index (χ2v) is 7.32. The second-order valence-electron chi connectivity index (χ2n) is 6.27. The molecule has 108 valence electrons. The zero-order valence-electron chi connectivity index (χ0n) is 12.1. The summed E-state index contributed by atoms with van der Waals surface area (Å²) in [5.74, 6) is -0.578. The van der Waals surface area contributed by atoms with Crippen LogP contribution in [0, 0.1) is 0 Å². The van der Waals surface area contributed by atoms with Gasteiger partial charge in [0.25, 0.3) is 0 Å². The van der Waals surface area contributed by atoms with Gasteiger partial charge in [-0.25, -0.2) is 4.79 Å². The average Bonchev–Trinajstić information content (AvgIpc) is 2.59. The fourth-order valence-electron chi connectivity index (χ4n) is 1.41. The molecule has 0 amide bonds. The van der Waals surface area contributed by atoms with Gasteiger partial charge in [-0.15, -0.1) is 11.3 Å². The molecule has 1 aromatic heterocycles. The topological polar surface area (TPSA) is 66.8 Å². The molecule has 19 heavy (non-hydrogen) atoms. The predicted octanol–water partition coefficient (Wildman–Crippen LogP) is 3.28. The monoisotopic (exact) mass is 286 g/mol. The molecule has 0 saturated carbocycles. The van der Waals surface area contributed by atoms with Crippen molar-refractivity contribution in [3.63, 3.8) is 0 Å². The van der Waals surface area contributed by atoms with E-state index in [0.717, 1.165) is 4.88 Å². The number of thiophene rings is 1. The Morgan fingerprint density at radius 2 is 1.89 bits per heavy atom. The molecule has 0 spiro atoms. The maximum absolute atomic E-state index is 11.2. The summed E-state index contributed by atoms with van der Waals surface area (Å²) in [5, 5.41) is 18.8. The first-order valence-electron chi connectivity index (χ1n) is 6.23. The van der Waals surface area contributed by atoms with Gasteiger partial charge in [0.15, 0.2) is 4.88 Å². The lowest BCUT2D eigenvalue weighted by Crippen LogP contribution is -2.22. The standard InChI is InChI=1S/C14H22O4S/c1-13(2,3)10-8-9(11(19-10)12(15)16)18-7-6-14(4,5)17/h8,17H,6-7H2,1-5H3,(H,15,16). The number of aliphatic hydroxyl groups is 1. The quantitative estimate of drug-likeness (QED) is 0.871. The van der Waals surface area contributed by atoms with Crippen LogP contribution in [0.1, 0.15) is 55.6 Å². The van der Waals surface area contributed by atoms with Crippen molar-refractivity contribution in [2.75, 3.05) is 6.61 Å². The number of ether oxygens (including phenoxy) is 1. The first-order valence-corrected chi connectivity index (χ1v) is 7.05. The van der Waals surface area contributed by atoms with Gasteiger partial charge in [0.2, 0.25) is 0 Å². The van der Waals surface area contributed by atoms with E-state index in [0.29, 0.717) is 18.8 Å². The van der Waals surface area contributed by atoms with E-state index in [1.54, 1.807) is 19.9 Å². The Bertz CT molecular complexity index is 449. The molecule has 1 rings (SSSR count). The van der Waals surface area contributed by atoms with E-state index in [1.807, 2.05) is 20.8 Å². The van der Waals surface area contributed by atoms with E-state index >= 15 is 0 Å². The lowest BCUT2D eigenvalue weighted by molar-refractivity contribution is 0.0550. The molecule has 5 heteroatoms. The van der Waals surface area contributed by atoms with Crippen molar-refractivity contribution in [1.82, 2.24) is 0 Å². The molecule has 0 unspecified atom stereocenters. The van der Waals surface area contributed by atoms with E-state index in [4.69, 9.17) is 4.74 Å². The van der Waals surface area contributed by atoms with Gasteiger partial charge in [0.05, 0.1) is 12.2 Å². The average molecular weight is 286 g/mol. The van der Waals surface area contributed by atoms with E-state index < -0.39 is 11.6 Å². The molecule has 0 bridgehead atoms. The summed E-state index contributed by atoms with van der Waals surface area (Å²) in [6.45, 7) is 9.79. The predicted molar refractivity (Wildman–Crippen MR) is 76.4 cm³/mol. The number of hydrogen-bond acceptors (Lipinski definition) is 4. The fraction of sp³-hybridized carbons (Fsp3) is 0.643. The van der Waals surface area contributed by atoms with Crippen LogP contribution in [0.3, 0.4) is 0 Å². The van der Waals surface area contributed by atoms with Crippen LogP contribution in [0.15, 0.2) is 6.07 Å². The van der Waals surface area contributed by atoms with Gasteiger partial charge in [-0.1, -0.05) is 20.8 Å². The Morgan fingerprint density at radius 1 is 1.32 bits per heavy atom. The molecule has 2 N–H and O–H groups in total. The molecule has 0 fully saturated rings. The first-order chi connectivity index (χ1) is 8.50. The zero-order valence-corrected chi connectivity index (χ0v) is 12.9. The summed E-state index contributed by atoms with van der Waals surface area (Å²) in [4.78, 5) is 12.4. The summed E-state index contributed by atoms with van der Waals surface area (Å²) >= 11 is 1.25. The van der Waals surface area contributed by atoms with Crippen LogP contribution in [0.2, 0.25) is 0 Å². The highest BCUT2D eigenvalue weighted by atomic mass is 32.1. The van der Waals surface area contributed by atoms with Crippen LogP contribution in [0.5, 0.6) is 5.75 Å². The summed E-state index contributed by atoms with van der Waals surface area (Å²) < 4.78 is 5.52. The minimum Gasteiger partial charge on any atom is -0.492 e. The summed E-state index contributed by atoms with van der Waals surface area (Å²) in [7, 11) is 0. The molecule has 0 radical (unpaired) electrons. The van der Waals surface area contributed by atoms with Crippen molar-refractivity contribution in [3.8, 4) is 5.75 Å². The fourth-order valence-corrected chi connectivity index (χ4v) is 2.41. The number of carboxylic acids is 1. The Hall–Kier alpha value is -1.07. The SMILES string of the molecule is CC(C)(O)CCOc1cc(C(C)(C)C)sc1C(=O)O. The molecule has 1 aromatic rings. The number of rotatable bonds is 5. The Morgan fingerprint density at radius 3 is 2.32 bits per heavy atom. The lowest BCUT2D eigenvalue weighted by atomic mass is 9.95. The summed E-state index contributed by atoms with van der Waals surface area (Å²) in [6, 6.07) is 1.79. The number of hydrogen-bond donors (Lipinski definition) is 2. The van der Waals surface area contributed by atoms with Crippen molar-refractivity contribution in [2.45, 2.75) is 52.1 Å². The lowest BCUT2D eigenvalue weighted by Gasteiger charge is -2.17. The molecule has 0 aliphatic carbocycles. The van der Waals surface area contributed by atoms with Gasteiger partial charge < -0.3 is 14.9 Å². The summed E-state index contributed by atoms with van der Waals surface area (Å²) in [5.41, 5.74) is -0.918. The highest BCUT2D eigenvalue weighted by Gasteiger charge is 2.24. The van der Waals surface area contributed by atoms with Crippen LogP contribution < -0.4 is 4.74 Å². The third-order valence-corrected chi connectivity index (χ3v) is 4.13. The van der Waals surface area contributed by atoms with E-state index in [2.05, 4.69) is 0 Å². The van der Waals surface area contributed by atoms with Gasteiger partial charge in [-0.05, 0) is 25.3 Å². The normalized spacial score (nSPS) is 12.5. The van der Waals surface area contributed by atoms with Crippen LogP contribution in [-0.2, 0) is 5.41 Å². The van der Waals surface area contributed by atoms with Crippen molar-refractivity contribution in [3.05, 3.63) is 15.8 Å². The third kappa shape index (κ3) is 4.84. The Labute approximate surface area is 118 Å². The molecule has 0 atom stereocenters. The highest BCUT2D eigenvalue weighted by molar-refractivity contribution is 7.14. The van der Waals surface area contributed by atoms with E-state index in [-0.39, 0.29) is 10.3 Å². The number of carbonyl (C=O) groups is 1. The van der Waals surface area contributed by atoms with Gasteiger partial charge in [-0.3, -0.25) is 0 Å². The molecule has 1 heterocycles. The molecule has 0 aliphatic rings. The molecular weight excluding hydrogens is 264 g/mol. The van der Waals surface area contributed by atoms with Gasteiger partial charge >= 0.3 is 5.97 Å². The molecular formula is C14H22O4S. The zero-order chi connectivity index (χ0) is 14.8. The molecule has 4 nitrogen and oxygen atoms in total. The smallest absolute Gasteiger partial charge is 0.349 e. The maximum atomic E-state index is 11.2. The highest BCUT2D eigenvalue weighted by Crippen LogP contribution is 2.36. The van der Waals surface area contributed by atoms with Crippen LogP contribution in [-0.4, -0.2) is 28.4 Å². The van der Waals surface area contributed by atoms with Crippen LogP contribution >= 0.6 is 11.3 Å². The number of carboxylic acid groups (broad SMARTS) is 1. The minimum absolute atomic E-state index is 0.104. The van der Waals surface area contributed by atoms with Crippen LogP contribution in [0.4, 0.5) is 0 Å². The van der Waals surface area contributed by atoms with Gasteiger partial charge in [0, 0.05) is 11.3 Å². The molecule has 0 aliphatic heterocycles. The van der Waals surface area contributed by atoms with E-state index in [1.165, 1.54) is 11.3 Å². The molecule has 0 saturated heterocycles. The van der Waals surface area contributed by atoms with Crippen molar-refractivity contribution < 1.29 is 19.7 Å². The van der Waals surface area contributed by atoms with E-state index in [9.17, 15) is 15.0 Å². The third-order valence-electron chi connectivity index (χ3n) is 2.60. The van der Waals surface area contributed by atoms with Crippen molar-refractivity contribution in [1.29, 1.82) is 0 Å². The summed E-state index contributed by atoms with van der Waals surface area (Å²) in [6.07, 6.45) is 0.451. The largest absolute Gasteiger partial charge is 0.492 e.